The number of piperazine rings is 1. The molecule has 41 heavy (non-hydrogen) atoms. The second-order valence-corrected chi connectivity index (χ2v) is 12.0. The summed E-state index contributed by atoms with van der Waals surface area (Å²) in [5, 5.41) is 0. The molecule has 2 aromatic rings. The monoisotopic (exact) mass is 559 g/mol. The van der Waals surface area contributed by atoms with Crippen molar-refractivity contribution in [3.8, 4) is 0 Å². The van der Waals surface area contributed by atoms with Crippen molar-refractivity contribution in [2.45, 2.75) is 52.2 Å². The van der Waals surface area contributed by atoms with Crippen LogP contribution in [0.5, 0.6) is 0 Å². The minimum absolute atomic E-state index is 0.194. The molecule has 0 N–H and O–H groups in total. The first-order valence-corrected chi connectivity index (χ1v) is 14.6. The van der Waals surface area contributed by atoms with E-state index in [2.05, 4.69) is 20.9 Å². The van der Waals surface area contributed by atoms with E-state index in [0.717, 1.165) is 81.2 Å². The summed E-state index contributed by atoms with van der Waals surface area (Å²) < 4.78 is 11.5. The van der Waals surface area contributed by atoms with Crippen LogP contribution in [0.25, 0.3) is 5.57 Å². The number of nitrogens with zero attached hydrogens (tertiary/aromatic N) is 5. The van der Waals surface area contributed by atoms with E-state index < -0.39 is 5.60 Å². The number of benzene rings is 1. The Balaban J connectivity index is 1.09. The summed E-state index contributed by atoms with van der Waals surface area (Å²) in [5.74, 6) is 0.729. The summed E-state index contributed by atoms with van der Waals surface area (Å²) in [6, 6.07) is 13.9. The van der Waals surface area contributed by atoms with Gasteiger partial charge in [0, 0.05) is 52.2 Å². The van der Waals surface area contributed by atoms with Crippen molar-refractivity contribution in [2.24, 2.45) is 10.9 Å². The third-order valence-corrected chi connectivity index (χ3v) is 7.70. The molecular formula is C32H41N5O4. The van der Waals surface area contributed by atoms with Gasteiger partial charge in [0.1, 0.15) is 12.2 Å². The van der Waals surface area contributed by atoms with Crippen LogP contribution in [0.1, 0.15) is 51.3 Å². The minimum Gasteiger partial charge on any atom is -0.472 e. The van der Waals surface area contributed by atoms with Gasteiger partial charge >= 0.3 is 6.09 Å². The Morgan fingerprint density at radius 1 is 0.976 bits per heavy atom. The second kappa shape index (κ2) is 12.9. The van der Waals surface area contributed by atoms with Gasteiger partial charge in [0.05, 0.1) is 23.2 Å². The molecule has 3 aliphatic heterocycles. The van der Waals surface area contributed by atoms with Gasteiger partial charge in [0.25, 0.3) is 5.91 Å². The number of amides is 2. The summed E-state index contributed by atoms with van der Waals surface area (Å²) in [6.45, 7) is 12.6. The Morgan fingerprint density at radius 3 is 2.37 bits per heavy atom. The zero-order valence-electron chi connectivity index (χ0n) is 24.4. The number of rotatable bonds is 6. The average Bonchev–Trinajstić information content (AvgIpc) is 2.97. The highest BCUT2D eigenvalue weighted by Crippen LogP contribution is 2.25. The number of aromatic nitrogens is 1. The largest absolute Gasteiger partial charge is 0.472 e. The zero-order valence-corrected chi connectivity index (χ0v) is 24.4. The Labute approximate surface area is 242 Å². The number of anilines is 1. The molecule has 0 bridgehead atoms. The molecule has 0 atom stereocenters. The van der Waals surface area contributed by atoms with Gasteiger partial charge in [-0.05, 0) is 57.2 Å². The predicted molar refractivity (Wildman–Crippen MR) is 160 cm³/mol. The third-order valence-electron chi connectivity index (χ3n) is 7.70. The van der Waals surface area contributed by atoms with Crippen molar-refractivity contribution in [3.05, 3.63) is 66.0 Å². The van der Waals surface area contributed by atoms with Gasteiger partial charge in [-0.25, -0.2) is 4.79 Å². The van der Waals surface area contributed by atoms with E-state index >= 15 is 0 Å². The summed E-state index contributed by atoms with van der Waals surface area (Å²) in [5.41, 5.74) is 3.17. The van der Waals surface area contributed by atoms with Gasteiger partial charge in [0.2, 0.25) is 5.90 Å². The van der Waals surface area contributed by atoms with Crippen LogP contribution >= 0.6 is 0 Å². The van der Waals surface area contributed by atoms with Crippen LogP contribution in [-0.4, -0.2) is 84.1 Å². The zero-order chi connectivity index (χ0) is 28.8. The van der Waals surface area contributed by atoms with Crippen LogP contribution in [0.2, 0.25) is 0 Å². The number of piperidine rings is 1. The van der Waals surface area contributed by atoms with E-state index in [4.69, 9.17) is 14.5 Å². The maximum atomic E-state index is 12.4. The lowest BCUT2D eigenvalue weighted by atomic mass is 9.96. The van der Waals surface area contributed by atoms with Crippen LogP contribution in [0.3, 0.4) is 0 Å². The number of hydrogen-bond acceptors (Lipinski definition) is 7. The molecule has 218 valence electrons. The van der Waals surface area contributed by atoms with Crippen LogP contribution in [0.4, 0.5) is 10.5 Å². The van der Waals surface area contributed by atoms with Crippen molar-refractivity contribution >= 4 is 29.2 Å². The van der Waals surface area contributed by atoms with E-state index in [9.17, 15) is 9.59 Å². The fraction of sp³-hybridized carbons (Fsp3) is 0.500. The summed E-state index contributed by atoms with van der Waals surface area (Å²) in [6.07, 6.45) is 5.86. The number of carbonyl (C=O) groups is 2. The van der Waals surface area contributed by atoms with E-state index in [1.165, 1.54) is 0 Å². The van der Waals surface area contributed by atoms with Crippen molar-refractivity contribution in [3.63, 3.8) is 0 Å². The molecule has 2 amide bonds. The minimum atomic E-state index is -0.453. The van der Waals surface area contributed by atoms with E-state index in [0.29, 0.717) is 18.4 Å². The fourth-order valence-corrected chi connectivity index (χ4v) is 5.46. The molecule has 1 aromatic carbocycles. The molecule has 3 aliphatic rings. The molecule has 0 aliphatic carbocycles. The van der Waals surface area contributed by atoms with E-state index in [1.54, 1.807) is 0 Å². The first kappa shape index (κ1) is 28.8. The lowest BCUT2D eigenvalue weighted by molar-refractivity contribution is -0.117. The molecule has 1 aromatic heterocycles. The molecule has 0 radical (unpaired) electrons. The van der Waals surface area contributed by atoms with Gasteiger partial charge in [-0.3, -0.25) is 14.7 Å². The van der Waals surface area contributed by atoms with Gasteiger partial charge in [-0.15, -0.1) is 0 Å². The number of hydrogen-bond donors (Lipinski definition) is 0. The van der Waals surface area contributed by atoms with Crippen LogP contribution in [0, 0.1) is 5.92 Å². The Morgan fingerprint density at radius 2 is 1.71 bits per heavy atom. The molecule has 0 unspecified atom stereocenters. The summed E-state index contributed by atoms with van der Waals surface area (Å²) in [7, 11) is 0. The van der Waals surface area contributed by atoms with E-state index in [-0.39, 0.29) is 18.4 Å². The molecule has 0 saturated carbocycles. The number of dihydropyridines is 1. The first-order chi connectivity index (χ1) is 19.7. The predicted octanol–water partition coefficient (Wildman–Crippen LogP) is 4.78. The second-order valence-electron chi connectivity index (χ2n) is 12.0. The summed E-state index contributed by atoms with van der Waals surface area (Å²) in [4.78, 5) is 40.0. The van der Waals surface area contributed by atoms with Crippen LogP contribution in [-0.2, 0) is 20.9 Å². The molecule has 9 heteroatoms. The third kappa shape index (κ3) is 7.94. The van der Waals surface area contributed by atoms with Crippen molar-refractivity contribution in [1.82, 2.24) is 14.8 Å². The maximum Gasteiger partial charge on any atom is 0.410 e. The van der Waals surface area contributed by atoms with Crippen LogP contribution < -0.4 is 4.90 Å². The molecule has 0 spiro atoms. The van der Waals surface area contributed by atoms with Gasteiger partial charge < -0.3 is 19.3 Å². The normalized spacial score (nSPS) is 19.0. The summed E-state index contributed by atoms with van der Waals surface area (Å²) >= 11 is 0. The number of ether oxygens (including phenoxy) is 2. The fourth-order valence-electron chi connectivity index (χ4n) is 5.46. The molecule has 9 nitrogen and oxygen atoms in total. The Kier molecular flexibility index (Phi) is 9.03. The highest BCUT2D eigenvalue weighted by molar-refractivity contribution is 6.23. The van der Waals surface area contributed by atoms with Crippen molar-refractivity contribution < 1.29 is 19.1 Å². The lowest BCUT2D eigenvalue weighted by Gasteiger charge is -2.39. The Hall–Kier alpha value is -3.72. The standard InChI is InChI=1S/C32H41N5O4/c1-32(2,3)41-31(39)37-15-13-24(14-16-37)22-35-17-19-36(20-18-35)26-9-11-28(33-21-26)27-10-12-29(38)34-30(27)40-23-25-7-5-4-6-8-25/h4-11,21,24H,12-20,22-23H2,1-3H3. The number of carbonyl (C=O) groups excluding carboxylic acids is 2. The molecular weight excluding hydrogens is 518 g/mol. The van der Waals surface area contributed by atoms with Crippen molar-refractivity contribution in [2.75, 3.05) is 50.7 Å². The smallest absolute Gasteiger partial charge is 0.410 e. The highest BCUT2D eigenvalue weighted by atomic mass is 16.6. The lowest BCUT2D eigenvalue weighted by Crippen LogP contribution is -2.49. The van der Waals surface area contributed by atoms with Gasteiger partial charge in [-0.2, -0.15) is 4.99 Å². The SMILES string of the molecule is CC(C)(C)OC(=O)N1CCC(CN2CCN(c3ccc(C4=CCC(=O)N=C4OCc4ccccc4)nc3)CC2)CC1. The van der Waals surface area contributed by atoms with E-state index in [1.807, 2.05) is 74.3 Å². The molecule has 4 heterocycles. The quantitative estimate of drug-likeness (QED) is 0.503. The van der Waals surface area contributed by atoms with Crippen molar-refractivity contribution in [1.29, 1.82) is 0 Å². The topological polar surface area (TPSA) is 87.6 Å². The number of aliphatic imine (C=N–C) groups is 1. The molecule has 2 saturated heterocycles. The maximum absolute atomic E-state index is 12.4. The van der Waals surface area contributed by atoms with Gasteiger partial charge in [0.15, 0.2) is 0 Å². The highest BCUT2D eigenvalue weighted by Gasteiger charge is 2.29. The molecule has 5 rings (SSSR count). The average molecular weight is 560 g/mol. The first-order valence-electron chi connectivity index (χ1n) is 14.6. The van der Waals surface area contributed by atoms with Gasteiger partial charge in [-0.1, -0.05) is 36.4 Å². The Bertz CT molecular complexity index is 1250. The number of pyridine rings is 1. The molecule has 2 fully saturated rings. The number of likely N-dealkylation sites (tertiary alicyclic amines) is 1. The van der Waals surface area contributed by atoms with Crippen LogP contribution in [0.15, 0.2) is 59.7 Å².